The molecule has 3 N–H and O–H groups in total. The molecule has 1 atom stereocenters. The minimum Gasteiger partial charge on any atom is -0.487 e. The van der Waals surface area contributed by atoms with Crippen molar-refractivity contribution in [3.63, 3.8) is 0 Å². The first-order chi connectivity index (χ1) is 12.9. The molecular formula is C24H32N2O. The zero-order valence-electron chi connectivity index (χ0n) is 17.1. The lowest BCUT2D eigenvalue weighted by Crippen LogP contribution is -2.39. The lowest BCUT2D eigenvalue weighted by Gasteiger charge is -2.38. The van der Waals surface area contributed by atoms with Crippen molar-refractivity contribution < 1.29 is 4.74 Å². The van der Waals surface area contributed by atoms with Crippen LogP contribution < -0.4 is 15.8 Å². The summed E-state index contributed by atoms with van der Waals surface area (Å²) in [5, 5.41) is 6.54. The fourth-order valence-electron chi connectivity index (χ4n) is 5.07. The Hall–Kier alpha value is -2.16. The van der Waals surface area contributed by atoms with Crippen molar-refractivity contribution in [2.75, 3.05) is 5.32 Å². The summed E-state index contributed by atoms with van der Waals surface area (Å²) >= 11 is 0. The minimum absolute atomic E-state index is 0.0592. The third-order valence-electron chi connectivity index (χ3n) is 6.29. The number of nitrogens with two attached hydrogens (primary N) is 1. The van der Waals surface area contributed by atoms with Crippen molar-refractivity contribution in [1.29, 1.82) is 0 Å². The van der Waals surface area contributed by atoms with Gasteiger partial charge in [-0.15, -0.1) is 0 Å². The van der Waals surface area contributed by atoms with E-state index in [4.69, 9.17) is 10.5 Å². The molecule has 2 aliphatic rings. The number of nitrogens with one attached hydrogen (secondary N) is 1. The van der Waals surface area contributed by atoms with Crippen LogP contribution in [0.1, 0.15) is 64.5 Å². The molecule has 3 heteroatoms. The highest BCUT2D eigenvalue weighted by Crippen LogP contribution is 2.47. The first kappa shape index (κ1) is 18.2. The van der Waals surface area contributed by atoms with Crippen LogP contribution in [0.3, 0.4) is 0 Å². The summed E-state index contributed by atoms with van der Waals surface area (Å²) in [7, 11) is 0. The summed E-state index contributed by atoms with van der Waals surface area (Å²) in [4.78, 5) is 0. The molecule has 2 aliphatic heterocycles. The van der Waals surface area contributed by atoms with E-state index in [1.165, 1.54) is 33.2 Å². The fraction of sp³-hybridized carbons (Fsp3) is 0.500. The molecule has 2 heterocycles. The Bertz CT molecular complexity index is 912. The Morgan fingerprint density at radius 2 is 2.00 bits per heavy atom. The van der Waals surface area contributed by atoms with E-state index in [2.05, 4.69) is 57.3 Å². The van der Waals surface area contributed by atoms with Crippen molar-refractivity contribution >= 4 is 16.5 Å². The maximum atomic E-state index is 6.37. The zero-order chi connectivity index (χ0) is 19.2. The van der Waals surface area contributed by atoms with E-state index in [0.29, 0.717) is 0 Å². The Morgan fingerprint density at radius 1 is 1.19 bits per heavy atom. The number of hydrogen-bond acceptors (Lipinski definition) is 3. The number of benzene rings is 2. The molecule has 27 heavy (non-hydrogen) atoms. The lowest BCUT2D eigenvalue weighted by molar-refractivity contribution is 0.140. The third-order valence-corrected chi connectivity index (χ3v) is 6.29. The molecule has 0 bridgehead atoms. The van der Waals surface area contributed by atoms with Gasteiger partial charge >= 0.3 is 0 Å². The SMILES string of the molecule is CCCC1(CC)C/C(=C\N)Cc2cccc3c4c(cc(c23)N1)CC(C)(C)O4. The van der Waals surface area contributed by atoms with E-state index in [9.17, 15) is 0 Å². The van der Waals surface area contributed by atoms with Crippen LogP contribution in [0, 0.1) is 0 Å². The van der Waals surface area contributed by atoms with Crippen LogP contribution in [0.25, 0.3) is 10.8 Å². The van der Waals surface area contributed by atoms with E-state index in [1.54, 1.807) is 0 Å². The van der Waals surface area contributed by atoms with Gasteiger partial charge in [-0.05, 0) is 62.9 Å². The Balaban J connectivity index is 1.98. The molecule has 4 rings (SSSR count). The lowest BCUT2D eigenvalue weighted by atomic mass is 9.79. The summed E-state index contributed by atoms with van der Waals surface area (Å²) in [5.41, 5.74) is 11.2. The first-order valence-corrected chi connectivity index (χ1v) is 10.3. The van der Waals surface area contributed by atoms with Gasteiger partial charge in [-0.2, -0.15) is 0 Å². The maximum Gasteiger partial charge on any atom is 0.131 e. The maximum absolute atomic E-state index is 6.37. The zero-order valence-corrected chi connectivity index (χ0v) is 17.1. The third kappa shape index (κ3) is 3.07. The summed E-state index contributed by atoms with van der Waals surface area (Å²) in [6.07, 6.45) is 8.09. The summed E-state index contributed by atoms with van der Waals surface area (Å²) in [6, 6.07) is 8.96. The molecule has 144 valence electrons. The summed E-state index contributed by atoms with van der Waals surface area (Å²) in [6.45, 7) is 8.92. The monoisotopic (exact) mass is 364 g/mol. The van der Waals surface area contributed by atoms with Gasteiger partial charge in [0.25, 0.3) is 0 Å². The molecule has 1 unspecified atom stereocenters. The van der Waals surface area contributed by atoms with Gasteiger partial charge in [0.1, 0.15) is 11.4 Å². The molecule has 2 aromatic rings. The first-order valence-electron chi connectivity index (χ1n) is 10.3. The predicted molar refractivity (Wildman–Crippen MR) is 115 cm³/mol. The fourth-order valence-corrected chi connectivity index (χ4v) is 5.07. The molecule has 0 aliphatic carbocycles. The molecule has 0 fully saturated rings. The van der Waals surface area contributed by atoms with Crippen LogP contribution in [0.15, 0.2) is 36.0 Å². The molecule has 0 amide bonds. The number of ether oxygens (including phenoxy) is 1. The van der Waals surface area contributed by atoms with E-state index in [0.717, 1.165) is 44.3 Å². The van der Waals surface area contributed by atoms with Crippen molar-refractivity contribution in [2.45, 2.75) is 77.4 Å². The largest absolute Gasteiger partial charge is 0.487 e. The average molecular weight is 365 g/mol. The standard InChI is InChI=1S/C24H32N2O/c1-5-10-24(6-2)13-16(15-25)11-17-8-7-9-19-21(17)20(26-24)12-18-14-23(3,4)27-22(18)19/h7-9,12,15,26H,5-6,10-11,13-14,25H2,1-4H3/b16-15-. The summed E-state index contributed by atoms with van der Waals surface area (Å²) in [5.74, 6) is 1.07. The van der Waals surface area contributed by atoms with Crippen LogP contribution in [0.4, 0.5) is 5.69 Å². The van der Waals surface area contributed by atoms with Crippen molar-refractivity contribution in [3.05, 3.63) is 47.2 Å². The number of hydrogen-bond donors (Lipinski definition) is 2. The molecule has 0 saturated carbocycles. The molecular weight excluding hydrogens is 332 g/mol. The van der Waals surface area contributed by atoms with Crippen LogP contribution in [-0.2, 0) is 12.8 Å². The minimum atomic E-state index is -0.141. The summed E-state index contributed by atoms with van der Waals surface area (Å²) < 4.78 is 6.37. The molecule has 0 aromatic heterocycles. The normalized spacial score (nSPS) is 24.8. The molecule has 0 radical (unpaired) electrons. The highest BCUT2D eigenvalue weighted by atomic mass is 16.5. The van der Waals surface area contributed by atoms with Gasteiger partial charge in [0.05, 0.1) is 0 Å². The van der Waals surface area contributed by atoms with Gasteiger partial charge < -0.3 is 15.8 Å². The predicted octanol–water partition coefficient (Wildman–Crippen LogP) is 5.70. The second-order valence-corrected chi connectivity index (χ2v) is 8.98. The molecule has 2 aromatic carbocycles. The molecule has 3 nitrogen and oxygen atoms in total. The average Bonchev–Trinajstić information content (AvgIpc) is 2.94. The Kier molecular flexibility index (Phi) is 4.37. The molecule has 0 saturated heterocycles. The van der Waals surface area contributed by atoms with E-state index in [1.807, 2.05) is 6.20 Å². The Labute approximate surface area is 163 Å². The highest BCUT2D eigenvalue weighted by Gasteiger charge is 2.35. The van der Waals surface area contributed by atoms with Gasteiger partial charge in [0.15, 0.2) is 0 Å². The number of rotatable bonds is 3. The van der Waals surface area contributed by atoms with E-state index < -0.39 is 0 Å². The van der Waals surface area contributed by atoms with Gasteiger partial charge in [0, 0.05) is 34.0 Å². The van der Waals surface area contributed by atoms with Crippen LogP contribution in [0.5, 0.6) is 5.75 Å². The second-order valence-electron chi connectivity index (χ2n) is 8.98. The van der Waals surface area contributed by atoms with Crippen molar-refractivity contribution in [2.24, 2.45) is 5.73 Å². The quantitative estimate of drug-likeness (QED) is 0.734. The smallest absolute Gasteiger partial charge is 0.131 e. The Morgan fingerprint density at radius 3 is 2.70 bits per heavy atom. The molecule has 0 spiro atoms. The van der Waals surface area contributed by atoms with Crippen LogP contribution >= 0.6 is 0 Å². The van der Waals surface area contributed by atoms with Gasteiger partial charge in [-0.1, -0.05) is 38.5 Å². The van der Waals surface area contributed by atoms with Crippen molar-refractivity contribution in [3.8, 4) is 5.75 Å². The van der Waals surface area contributed by atoms with Crippen LogP contribution in [0.2, 0.25) is 0 Å². The van der Waals surface area contributed by atoms with E-state index in [-0.39, 0.29) is 11.1 Å². The van der Waals surface area contributed by atoms with Gasteiger partial charge in [-0.3, -0.25) is 0 Å². The van der Waals surface area contributed by atoms with E-state index >= 15 is 0 Å². The topological polar surface area (TPSA) is 47.3 Å². The highest BCUT2D eigenvalue weighted by molar-refractivity contribution is 6.02. The number of fused-ring (bicyclic) bond motifs is 2. The van der Waals surface area contributed by atoms with Crippen LogP contribution in [-0.4, -0.2) is 11.1 Å². The van der Waals surface area contributed by atoms with Crippen molar-refractivity contribution in [1.82, 2.24) is 0 Å². The van der Waals surface area contributed by atoms with Gasteiger partial charge in [-0.25, -0.2) is 0 Å². The second kappa shape index (κ2) is 6.47. The number of anilines is 1. The van der Waals surface area contributed by atoms with Gasteiger partial charge in [0.2, 0.25) is 0 Å².